The van der Waals surface area contributed by atoms with Crippen LogP contribution in [0.4, 0.5) is 0 Å². The van der Waals surface area contributed by atoms with Crippen molar-refractivity contribution in [3.63, 3.8) is 0 Å². The zero-order valence-electron chi connectivity index (χ0n) is 9.53. The highest BCUT2D eigenvalue weighted by atomic mass is 16.1. The van der Waals surface area contributed by atoms with E-state index in [0.29, 0.717) is 11.8 Å². The van der Waals surface area contributed by atoms with Crippen LogP contribution in [0.15, 0.2) is 35.1 Å². The van der Waals surface area contributed by atoms with Crippen molar-refractivity contribution in [3.05, 3.63) is 51.8 Å². The second kappa shape index (κ2) is 4.67. The molecule has 1 aromatic heterocycles. The SMILES string of the molecule is Cc1cc(=O)c2cc(C=CCC#N)ccc2[nH]1. The van der Waals surface area contributed by atoms with E-state index in [1.807, 2.05) is 37.3 Å². The predicted molar refractivity (Wildman–Crippen MR) is 68.6 cm³/mol. The number of fused-ring (bicyclic) bond motifs is 1. The molecule has 0 saturated carbocycles. The minimum Gasteiger partial charge on any atom is -0.358 e. The molecule has 0 aliphatic rings. The molecule has 0 amide bonds. The zero-order valence-corrected chi connectivity index (χ0v) is 9.53. The summed E-state index contributed by atoms with van der Waals surface area (Å²) in [5, 5.41) is 9.11. The topological polar surface area (TPSA) is 56.6 Å². The highest BCUT2D eigenvalue weighted by molar-refractivity contribution is 5.81. The Morgan fingerprint density at radius 3 is 3.00 bits per heavy atom. The monoisotopic (exact) mass is 224 g/mol. The Morgan fingerprint density at radius 2 is 2.24 bits per heavy atom. The van der Waals surface area contributed by atoms with Crippen LogP contribution in [0.2, 0.25) is 0 Å². The average Bonchev–Trinajstić information content (AvgIpc) is 2.30. The summed E-state index contributed by atoms with van der Waals surface area (Å²) < 4.78 is 0. The number of nitrogens with one attached hydrogen (secondary N) is 1. The molecule has 0 saturated heterocycles. The maximum Gasteiger partial charge on any atom is 0.189 e. The number of nitrogens with zero attached hydrogens (tertiary/aromatic N) is 1. The molecule has 0 aliphatic heterocycles. The van der Waals surface area contributed by atoms with Crippen LogP contribution in [-0.2, 0) is 0 Å². The molecule has 0 spiro atoms. The van der Waals surface area contributed by atoms with Crippen molar-refractivity contribution < 1.29 is 0 Å². The molecule has 0 aliphatic carbocycles. The molecule has 0 atom stereocenters. The van der Waals surface area contributed by atoms with Crippen molar-refractivity contribution in [2.45, 2.75) is 13.3 Å². The normalized spacial score (nSPS) is 10.8. The molecular formula is C14H12N2O. The minimum atomic E-state index is 0.0202. The Balaban J connectivity index is 2.51. The molecule has 1 N–H and O–H groups in total. The van der Waals surface area contributed by atoms with E-state index in [4.69, 9.17) is 5.26 Å². The number of aryl methyl sites for hydroxylation is 1. The fourth-order valence-corrected chi connectivity index (χ4v) is 1.75. The summed E-state index contributed by atoms with van der Waals surface area (Å²) >= 11 is 0. The number of hydrogen-bond acceptors (Lipinski definition) is 2. The summed E-state index contributed by atoms with van der Waals surface area (Å²) in [6.07, 6.45) is 4.01. The van der Waals surface area contributed by atoms with Crippen LogP contribution in [0.1, 0.15) is 17.7 Å². The Hall–Kier alpha value is -2.34. The quantitative estimate of drug-likeness (QED) is 0.852. The van der Waals surface area contributed by atoms with Crippen LogP contribution in [0.25, 0.3) is 17.0 Å². The van der Waals surface area contributed by atoms with Crippen LogP contribution in [0, 0.1) is 18.3 Å². The molecule has 1 aromatic carbocycles. The number of pyridine rings is 1. The van der Waals surface area contributed by atoms with Gasteiger partial charge in [0.2, 0.25) is 0 Å². The first-order chi connectivity index (χ1) is 8.20. The molecule has 3 heteroatoms. The fourth-order valence-electron chi connectivity index (χ4n) is 1.75. The van der Waals surface area contributed by atoms with Gasteiger partial charge in [-0.3, -0.25) is 4.79 Å². The van der Waals surface area contributed by atoms with E-state index in [1.165, 1.54) is 0 Å². The number of aromatic nitrogens is 1. The molecule has 2 aromatic rings. The van der Waals surface area contributed by atoms with Crippen molar-refractivity contribution in [2.24, 2.45) is 0 Å². The molecule has 2 rings (SSSR count). The molecule has 0 radical (unpaired) electrons. The predicted octanol–water partition coefficient (Wildman–Crippen LogP) is 2.76. The number of hydrogen-bond donors (Lipinski definition) is 1. The molecular weight excluding hydrogens is 212 g/mol. The van der Waals surface area contributed by atoms with Gasteiger partial charge in [-0.25, -0.2) is 0 Å². The van der Waals surface area contributed by atoms with E-state index in [1.54, 1.807) is 12.1 Å². The second-order valence-corrected chi connectivity index (χ2v) is 3.89. The summed E-state index contributed by atoms with van der Waals surface area (Å²) in [6, 6.07) is 9.27. The summed E-state index contributed by atoms with van der Waals surface area (Å²) in [4.78, 5) is 14.9. The van der Waals surface area contributed by atoms with Crippen LogP contribution in [0.5, 0.6) is 0 Å². The third-order valence-electron chi connectivity index (χ3n) is 2.51. The van der Waals surface area contributed by atoms with Gasteiger partial charge in [-0.2, -0.15) is 5.26 Å². The Kier molecular flexibility index (Phi) is 3.06. The molecule has 3 nitrogen and oxygen atoms in total. The Bertz CT molecular complexity index is 675. The number of benzene rings is 1. The largest absolute Gasteiger partial charge is 0.358 e. The highest BCUT2D eigenvalue weighted by Crippen LogP contribution is 2.12. The van der Waals surface area contributed by atoms with Crippen molar-refractivity contribution in [2.75, 3.05) is 0 Å². The Morgan fingerprint density at radius 1 is 1.41 bits per heavy atom. The third-order valence-corrected chi connectivity index (χ3v) is 2.51. The van der Waals surface area contributed by atoms with Crippen molar-refractivity contribution in [3.8, 4) is 6.07 Å². The number of nitriles is 1. The molecule has 84 valence electrons. The molecule has 0 fully saturated rings. The molecule has 0 unspecified atom stereocenters. The summed E-state index contributed by atoms with van der Waals surface area (Å²) in [5.74, 6) is 0. The average molecular weight is 224 g/mol. The third kappa shape index (κ3) is 2.43. The first kappa shape index (κ1) is 11.2. The van der Waals surface area contributed by atoms with Crippen molar-refractivity contribution >= 4 is 17.0 Å². The molecule has 17 heavy (non-hydrogen) atoms. The van der Waals surface area contributed by atoms with E-state index in [-0.39, 0.29) is 5.43 Å². The summed E-state index contributed by atoms with van der Waals surface area (Å²) in [7, 11) is 0. The minimum absolute atomic E-state index is 0.0202. The van der Waals surface area contributed by atoms with Gasteiger partial charge in [0.25, 0.3) is 0 Å². The number of aromatic amines is 1. The van der Waals surface area contributed by atoms with Gasteiger partial charge in [0.05, 0.1) is 12.5 Å². The fraction of sp³-hybridized carbons (Fsp3) is 0.143. The smallest absolute Gasteiger partial charge is 0.189 e. The van der Waals surface area contributed by atoms with Crippen LogP contribution >= 0.6 is 0 Å². The Labute approximate surface area is 99.0 Å². The van der Waals surface area contributed by atoms with Crippen LogP contribution in [0.3, 0.4) is 0 Å². The number of allylic oxidation sites excluding steroid dienone is 1. The second-order valence-electron chi connectivity index (χ2n) is 3.89. The van der Waals surface area contributed by atoms with Crippen molar-refractivity contribution in [1.29, 1.82) is 5.26 Å². The van der Waals surface area contributed by atoms with Crippen LogP contribution < -0.4 is 5.43 Å². The van der Waals surface area contributed by atoms with Gasteiger partial charge in [0.15, 0.2) is 5.43 Å². The van der Waals surface area contributed by atoms with E-state index < -0.39 is 0 Å². The van der Waals surface area contributed by atoms with Gasteiger partial charge in [-0.15, -0.1) is 0 Å². The van der Waals surface area contributed by atoms with Gasteiger partial charge < -0.3 is 4.98 Å². The lowest BCUT2D eigenvalue weighted by Crippen LogP contribution is -2.02. The summed E-state index contributed by atoms with van der Waals surface area (Å²) in [6.45, 7) is 1.86. The maximum atomic E-state index is 11.8. The van der Waals surface area contributed by atoms with Gasteiger partial charge in [0, 0.05) is 22.7 Å². The maximum absolute atomic E-state index is 11.8. The lowest BCUT2D eigenvalue weighted by molar-refractivity contribution is 1.24. The first-order valence-corrected chi connectivity index (χ1v) is 5.38. The van der Waals surface area contributed by atoms with Crippen molar-refractivity contribution in [1.82, 2.24) is 4.98 Å². The van der Waals surface area contributed by atoms with Gasteiger partial charge in [-0.05, 0) is 24.6 Å². The molecule has 1 heterocycles. The van der Waals surface area contributed by atoms with Crippen LogP contribution in [-0.4, -0.2) is 4.98 Å². The van der Waals surface area contributed by atoms with Gasteiger partial charge in [0.1, 0.15) is 0 Å². The van der Waals surface area contributed by atoms with E-state index in [0.717, 1.165) is 16.8 Å². The van der Waals surface area contributed by atoms with E-state index in [2.05, 4.69) is 4.98 Å². The summed E-state index contributed by atoms with van der Waals surface area (Å²) in [5.41, 5.74) is 2.65. The lowest BCUT2D eigenvalue weighted by atomic mass is 10.1. The zero-order chi connectivity index (χ0) is 12.3. The molecule has 0 bridgehead atoms. The lowest BCUT2D eigenvalue weighted by Gasteiger charge is -2.01. The number of H-pyrrole nitrogens is 1. The standard InChI is InChI=1S/C14H12N2O/c1-10-8-14(17)12-9-11(4-2-3-7-15)5-6-13(12)16-10/h2,4-6,8-9H,3H2,1H3,(H,16,17). The van der Waals surface area contributed by atoms with E-state index in [9.17, 15) is 4.79 Å². The van der Waals surface area contributed by atoms with Gasteiger partial charge in [-0.1, -0.05) is 18.2 Å². The van der Waals surface area contributed by atoms with Gasteiger partial charge >= 0.3 is 0 Å². The number of rotatable bonds is 2. The van der Waals surface area contributed by atoms with E-state index >= 15 is 0 Å². The highest BCUT2D eigenvalue weighted by Gasteiger charge is 1.99. The first-order valence-electron chi connectivity index (χ1n) is 5.38.